The molecular formula is C19H25FN2O2. The second-order valence-corrected chi connectivity index (χ2v) is 7.39. The molecule has 4 nitrogen and oxygen atoms in total. The maximum atomic E-state index is 13.0. The molecule has 5 heteroatoms. The molecule has 4 rings (SSSR count). The average Bonchev–Trinajstić information content (AvgIpc) is 3.26. The second-order valence-electron chi connectivity index (χ2n) is 7.39. The Morgan fingerprint density at radius 3 is 2.42 bits per heavy atom. The fourth-order valence-electron chi connectivity index (χ4n) is 4.40. The third kappa shape index (κ3) is 3.07. The molecule has 0 bridgehead atoms. The van der Waals surface area contributed by atoms with E-state index in [0.717, 1.165) is 39.0 Å². The topological polar surface area (TPSA) is 32.8 Å². The molecule has 3 aliphatic heterocycles. The number of rotatable bonds is 2. The monoisotopic (exact) mass is 332 g/mol. The minimum Gasteiger partial charge on any atom is -0.373 e. The van der Waals surface area contributed by atoms with Gasteiger partial charge in [0.25, 0.3) is 5.91 Å². The highest BCUT2D eigenvalue weighted by Crippen LogP contribution is 2.38. The van der Waals surface area contributed by atoms with Crippen LogP contribution < -0.4 is 0 Å². The number of ether oxygens (including phenoxy) is 1. The molecule has 1 spiro atoms. The smallest absolute Gasteiger partial charge is 0.253 e. The number of hydrogen-bond donors (Lipinski definition) is 0. The number of halogens is 1. The number of carbonyl (C=O) groups excluding carboxylic acids is 1. The molecule has 1 aromatic rings. The minimum atomic E-state index is -0.309. The molecule has 130 valence electrons. The number of carbonyl (C=O) groups is 1. The van der Waals surface area contributed by atoms with Crippen molar-refractivity contribution in [3.8, 4) is 0 Å². The van der Waals surface area contributed by atoms with Gasteiger partial charge in [0.05, 0.1) is 12.2 Å². The van der Waals surface area contributed by atoms with Crippen molar-refractivity contribution in [1.82, 2.24) is 9.80 Å². The third-order valence-corrected chi connectivity index (χ3v) is 5.90. The molecule has 3 aliphatic rings. The van der Waals surface area contributed by atoms with Gasteiger partial charge in [0.1, 0.15) is 5.82 Å². The molecule has 1 atom stereocenters. The van der Waals surface area contributed by atoms with Crippen LogP contribution in [0.2, 0.25) is 0 Å². The lowest BCUT2D eigenvalue weighted by Gasteiger charge is -2.39. The van der Waals surface area contributed by atoms with Gasteiger partial charge < -0.3 is 9.64 Å². The predicted octanol–water partition coefficient (Wildman–Crippen LogP) is 2.69. The maximum Gasteiger partial charge on any atom is 0.253 e. The number of benzene rings is 1. The Morgan fingerprint density at radius 1 is 1.08 bits per heavy atom. The molecule has 0 radical (unpaired) electrons. The summed E-state index contributed by atoms with van der Waals surface area (Å²) < 4.78 is 19.2. The highest BCUT2D eigenvalue weighted by molar-refractivity contribution is 5.94. The lowest BCUT2D eigenvalue weighted by Crippen LogP contribution is -2.47. The van der Waals surface area contributed by atoms with E-state index in [1.54, 1.807) is 12.1 Å². The van der Waals surface area contributed by atoms with E-state index in [0.29, 0.717) is 11.6 Å². The summed E-state index contributed by atoms with van der Waals surface area (Å²) in [5, 5.41) is 0. The van der Waals surface area contributed by atoms with Gasteiger partial charge in [0, 0.05) is 24.7 Å². The molecule has 0 saturated carbocycles. The van der Waals surface area contributed by atoms with E-state index in [1.807, 2.05) is 4.90 Å². The first-order chi connectivity index (χ1) is 11.7. The quantitative estimate of drug-likeness (QED) is 0.835. The average molecular weight is 332 g/mol. The summed E-state index contributed by atoms with van der Waals surface area (Å²) in [4.78, 5) is 17.0. The Hall–Kier alpha value is -1.46. The summed E-state index contributed by atoms with van der Waals surface area (Å²) in [7, 11) is 0. The minimum absolute atomic E-state index is 0.000982. The molecule has 24 heavy (non-hydrogen) atoms. The largest absolute Gasteiger partial charge is 0.373 e. The van der Waals surface area contributed by atoms with Crippen molar-refractivity contribution in [2.24, 2.45) is 0 Å². The van der Waals surface area contributed by atoms with Crippen LogP contribution in [0.15, 0.2) is 24.3 Å². The second kappa shape index (κ2) is 6.45. The van der Waals surface area contributed by atoms with Crippen LogP contribution in [0.1, 0.15) is 42.5 Å². The normalized spacial score (nSPS) is 27.0. The molecule has 0 aromatic heterocycles. The van der Waals surface area contributed by atoms with Crippen molar-refractivity contribution in [3.05, 3.63) is 35.6 Å². The van der Waals surface area contributed by atoms with Crippen LogP contribution in [0.25, 0.3) is 0 Å². The summed E-state index contributed by atoms with van der Waals surface area (Å²) in [5.74, 6) is -0.310. The SMILES string of the molecule is O=C(c1ccc(F)cc1)N1CCC2(CC1)CC(N1CCCC1)CO2. The molecule has 1 amide bonds. The zero-order chi connectivity index (χ0) is 16.6. The van der Waals surface area contributed by atoms with Gasteiger partial charge in [-0.3, -0.25) is 9.69 Å². The van der Waals surface area contributed by atoms with Gasteiger partial charge in [-0.15, -0.1) is 0 Å². The summed E-state index contributed by atoms with van der Waals surface area (Å²) in [6, 6.07) is 6.39. The number of hydrogen-bond acceptors (Lipinski definition) is 3. The van der Waals surface area contributed by atoms with Crippen LogP contribution >= 0.6 is 0 Å². The zero-order valence-corrected chi connectivity index (χ0v) is 14.0. The van der Waals surface area contributed by atoms with Crippen molar-refractivity contribution < 1.29 is 13.9 Å². The van der Waals surface area contributed by atoms with E-state index in [1.165, 1.54) is 38.1 Å². The third-order valence-electron chi connectivity index (χ3n) is 5.90. The van der Waals surface area contributed by atoms with Gasteiger partial charge in [-0.05, 0) is 69.5 Å². The van der Waals surface area contributed by atoms with E-state index in [-0.39, 0.29) is 17.3 Å². The molecule has 1 aromatic carbocycles. The van der Waals surface area contributed by atoms with E-state index in [9.17, 15) is 9.18 Å². The summed E-state index contributed by atoms with van der Waals surface area (Å²) in [6.45, 7) is 4.70. The molecule has 0 aliphatic carbocycles. The van der Waals surface area contributed by atoms with Crippen LogP contribution in [0.5, 0.6) is 0 Å². The fraction of sp³-hybridized carbons (Fsp3) is 0.632. The van der Waals surface area contributed by atoms with Crippen LogP contribution in [0, 0.1) is 5.82 Å². The Labute approximate surface area is 142 Å². The van der Waals surface area contributed by atoms with Gasteiger partial charge in [-0.25, -0.2) is 4.39 Å². The van der Waals surface area contributed by atoms with Crippen molar-refractivity contribution in [3.63, 3.8) is 0 Å². The highest BCUT2D eigenvalue weighted by atomic mass is 19.1. The number of amides is 1. The molecule has 3 fully saturated rings. The first kappa shape index (κ1) is 16.0. The van der Waals surface area contributed by atoms with E-state index in [4.69, 9.17) is 4.74 Å². The molecule has 3 heterocycles. The Balaban J connectivity index is 1.35. The van der Waals surface area contributed by atoms with E-state index < -0.39 is 0 Å². The summed E-state index contributed by atoms with van der Waals surface area (Å²) in [5.41, 5.74) is 0.530. The van der Waals surface area contributed by atoms with Crippen molar-refractivity contribution >= 4 is 5.91 Å². The summed E-state index contributed by atoms with van der Waals surface area (Å²) in [6.07, 6.45) is 5.53. The standard InChI is InChI=1S/C19H25FN2O2/c20-16-5-3-15(4-6-16)18(23)22-11-7-19(8-12-22)13-17(14-24-19)21-9-1-2-10-21/h3-6,17H,1-2,7-14H2. The van der Waals surface area contributed by atoms with Gasteiger partial charge >= 0.3 is 0 Å². The fourth-order valence-corrected chi connectivity index (χ4v) is 4.40. The Morgan fingerprint density at radius 2 is 1.75 bits per heavy atom. The van der Waals surface area contributed by atoms with Gasteiger partial charge in [0.2, 0.25) is 0 Å². The van der Waals surface area contributed by atoms with Crippen molar-refractivity contribution in [1.29, 1.82) is 0 Å². The van der Waals surface area contributed by atoms with E-state index >= 15 is 0 Å². The first-order valence-electron chi connectivity index (χ1n) is 9.08. The Bertz CT molecular complexity index is 590. The summed E-state index contributed by atoms with van der Waals surface area (Å²) >= 11 is 0. The van der Waals surface area contributed by atoms with Crippen molar-refractivity contribution in [2.45, 2.75) is 43.7 Å². The Kier molecular flexibility index (Phi) is 4.31. The lowest BCUT2D eigenvalue weighted by atomic mass is 9.87. The van der Waals surface area contributed by atoms with Crippen LogP contribution in [-0.4, -0.2) is 60.1 Å². The van der Waals surface area contributed by atoms with Crippen LogP contribution in [0.4, 0.5) is 4.39 Å². The molecule has 0 N–H and O–H groups in total. The molecule has 1 unspecified atom stereocenters. The number of likely N-dealkylation sites (tertiary alicyclic amines) is 2. The van der Waals surface area contributed by atoms with Gasteiger partial charge in [-0.1, -0.05) is 0 Å². The van der Waals surface area contributed by atoms with Gasteiger partial charge in [0.15, 0.2) is 0 Å². The van der Waals surface area contributed by atoms with Crippen LogP contribution in [0.3, 0.4) is 0 Å². The lowest BCUT2D eigenvalue weighted by molar-refractivity contribution is -0.0393. The van der Waals surface area contributed by atoms with Crippen molar-refractivity contribution in [2.75, 3.05) is 32.8 Å². The molecular weight excluding hydrogens is 307 g/mol. The predicted molar refractivity (Wildman–Crippen MR) is 89.4 cm³/mol. The maximum absolute atomic E-state index is 13.0. The first-order valence-corrected chi connectivity index (χ1v) is 9.08. The van der Waals surface area contributed by atoms with Crippen LogP contribution in [-0.2, 0) is 4.74 Å². The van der Waals surface area contributed by atoms with E-state index in [2.05, 4.69) is 4.90 Å². The number of nitrogens with zero attached hydrogens (tertiary/aromatic N) is 2. The molecule has 3 saturated heterocycles. The number of piperidine rings is 1. The highest BCUT2D eigenvalue weighted by Gasteiger charge is 2.45. The zero-order valence-electron chi connectivity index (χ0n) is 14.0. The van der Waals surface area contributed by atoms with Gasteiger partial charge in [-0.2, -0.15) is 0 Å².